The number of rotatable bonds is 4. The summed E-state index contributed by atoms with van der Waals surface area (Å²) >= 11 is 1.42. The highest BCUT2D eigenvalue weighted by molar-refractivity contribution is 8.01. The lowest BCUT2D eigenvalue weighted by molar-refractivity contribution is -0.124. The summed E-state index contributed by atoms with van der Waals surface area (Å²) in [5.41, 5.74) is 0.797. The van der Waals surface area contributed by atoms with Gasteiger partial charge in [0.1, 0.15) is 12.7 Å². The molecule has 2 N–H and O–H groups in total. The van der Waals surface area contributed by atoms with E-state index in [2.05, 4.69) is 10.6 Å². The number of benzene rings is 2. The van der Waals surface area contributed by atoms with Crippen LogP contribution in [0, 0.1) is 0 Å². The van der Waals surface area contributed by atoms with E-state index in [9.17, 15) is 9.59 Å². The fraction of sp³-hybridized carbons (Fsp3) is 0.263. The second-order valence-electron chi connectivity index (χ2n) is 6.10. The first-order valence-corrected chi connectivity index (χ1v) is 9.29. The Balaban J connectivity index is 1.29. The molecule has 2 amide bonds. The molecule has 4 rings (SSSR count). The van der Waals surface area contributed by atoms with Crippen molar-refractivity contribution in [3.05, 3.63) is 48.5 Å². The molecular formula is C19H18N2O4S. The maximum Gasteiger partial charge on any atom is 0.238 e. The van der Waals surface area contributed by atoms with Crippen LogP contribution in [0.15, 0.2) is 53.4 Å². The van der Waals surface area contributed by atoms with Crippen LogP contribution >= 0.6 is 11.8 Å². The molecule has 0 aliphatic carbocycles. The number of thioether (sulfide) groups is 1. The Morgan fingerprint density at radius 3 is 2.81 bits per heavy atom. The number of carbonyl (C=O) groups excluding carboxylic acids is 2. The van der Waals surface area contributed by atoms with Gasteiger partial charge in [-0.1, -0.05) is 24.3 Å². The van der Waals surface area contributed by atoms with E-state index in [4.69, 9.17) is 9.47 Å². The van der Waals surface area contributed by atoms with Crippen LogP contribution in [0.3, 0.4) is 0 Å². The van der Waals surface area contributed by atoms with Gasteiger partial charge in [-0.25, -0.2) is 0 Å². The molecule has 6 nitrogen and oxygen atoms in total. The van der Waals surface area contributed by atoms with E-state index in [1.807, 2.05) is 48.5 Å². The predicted octanol–water partition coefficient (Wildman–Crippen LogP) is 2.45. The van der Waals surface area contributed by atoms with Crippen LogP contribution in [0.1, 0.15) is 6.42 Å². The first-order valence-electron chi connectivity index (χ1n) is 8.41. The molecule has 0 fully saturated rings. The Bertz CT molecular complexity index is 842. The number of hydrogen-bond acceptors (Lipinski definition) is 5. The third-order valence-electron chi connectivity index (χ3n) is 4.17. The topological polar surface area (TPSA) is 76.7 Å². The molecule has 0 aromatic heterocycles. The molecular weight excluding hydrogens is 352 g/mol. The highest BCUT2D eigenvalue weighted by Gasteiger charge is 2.29. The average Bonchev–Trinajstić information content (AvgIpc) is 2.67. The Kier molecular flexibility index (Phi) is 4.71. The molecule has 0 saturated carbocycles. The number of hydrogen-bond donors (Lipinski definition) is 2. The Morgan fingerprint density at radius 2 is 1.92 bits per heavy atom. The van der Waals surface area contributed by atoms with Crippen molar-refractivity contribution in [1.82, 2.24) is 5.32 Å². The van der Waals surface area contributed by atoms with Gasteiger partial charge in [0.15, 0.2) is 11.5 Å². The summed E-state index contributed by atoms with van der Waals surface area (Å²) in [7, 11) is 0. The summed E-state index contributed by atoms with van der Waals surface area (Å²) in [6, 6.07) is 15.0. The number of fused-ring (bicyclic) bond motifs is 2. The summed E-state index contributed by atoms with van der Waals surface area (Å²) in [5, 5.41) is 5.25. The van der Waals surface area contributed by atoms with E-state index in [0.29, 0.717) is 24.7 Å². The molecule has 26 heavy (non-hydrogen) atoms. The fourth-order valence-electron chi connectivity index (χ4n) is 2.86. The van der Waals surface area contributed by atoms with Crippen LogP contribution in [-0.2, 0) is 9.59 Å². The van der Waals surface area contributed by atoms with E-state index in [1.165, 1.54) is 11.8 Å². The largest absolute Gasteiger partial charge is 0.486 e. The molecule has 2 heterocycles. The minimum atomic E-state index is -0.436. The summed E-state index contributed by atoms with van der Waals surface area (Å²) in [6.07, 6.45) is -0.128. The standard InChI is InChI=1S/C19H18N2O4S/c22-18(9-17-19(23)21-13-5-1-4-8-16(13)26-17)20-10-12-11-24-14-6-2-3-7-15(14)25-12/h1-8,12,17H,9-11H2,(H,20,22)(H,21,23). The molecule has 0 bridgehead atoms. The Labute approximate surface area is 155 Å². The zero-order valence-electron chi connectivity index (χ0n) is 13.9. The van der Waals surface area contributed by atoms with Crippen LogP contribution in [0.5, 0.6) is 11.5 Å². The van der Waals surface area contributed by atoms with Crippen LogP contribution in [0.25, 0.3) is 0 Å². The maximum absolute atomic E-state index is 12.3. The van der Waals surface area contributed by atoms with Crippen LogP contribution in [0.4, 0.5) is 5.69 Å². The summed E-state index contributed by atoms with van der Waals surface area (Å²) in [4.78, 5) is 25.4. The van der Waals surface area contributed by atoms with Crippen molar-refractivity contribution >= 4 is 29.3 Å². The van der Waals surface area contributed by atoms with Crippen molar-refractivity contribution in [2.24, 2.45) is 0 Å². The van der Waals surface area contributed by atoms with Gasteiger partial charge in [-0.2, -0.15) is 0 Å². The Morgan fingerprint density at radius 1 is 1.15 bits per heavy atom. The molecule has 0 spiro atoms. The molecule has 2 aliphatic heterocycles. The average molecular weight is 370 g/mol. The number of carbonyl (C=O) groups is 2. The SMILES string of the molecule is O=C(CC1Sc2ccccc2NC1=O)NCC1COc2ccccc2O1. The molecule has 7 heteroatoms. The minimum Gasteiger partial charge on any atom is -0.486 e. The van der Waals surface area contributed by atoms with E-state index >= 15 is 0 Å². The summed E-state index contributed by atoms with van der Waals surface area (Å²) < 4.78 is 11.4. The van der Waals surface area contributed by atoms with Gasteiger partial charge in [0.25, 0.3) is 0 Å². The first-order chi connectivity index (χ1) is 12.7. The molecule has 2 aliphatic rings. The van der Waals surface area contributed by atoms with Crippen molar-refractivity contribution in [2.75, 3.05) is 18.5 Å². The number of nitrogens with one attached hydrogen (secondary N) is 2. The molecule has 2 aromatic rings. The molecule has 134 valence electrons. The van der Waals surface area contributed by atoms with Crippen LogP contribution < -0.4 is 20.1 Å². The number of amides is 2. The lowest BCUT2D eigenvalue weighted by Gasteiger charge is -2.27. The lowest BCUT2D eigenvalue weighted by Crippen LogP contribution is -2.42. The van der Waals surface area contributed by atoms with Gasteiger partial charge < -0.3 is 20.1 Å². The summed E-state index contributed by atoms with van der Waals surface area (Å²) in [5.74, 6) is 1.07. The van der Waals surface area contributed by atoms with E-state index in [0.717, 1.165) is 10.6 Å². The third-order valence-corrected chi connectivity index (χ3v) is 5.45. The number of para-hydroxylation sites is 3. The van der Waals surface area contributed by atoms with Crippen molar-refractivity contribution < 1.29 is 19.1 Å². The number of anilines is 1. The molecule has 0 radical (unpaired) electrons. The van der Waals surface area contributed by atoms with E-state index in [1.54, 1.807) is 0 Å². The third kappa shape index (κ3) is 3.62. The zero-order chi connectivity index (χ0) is 17.9. The molecule has 2 atom stereocenters. The zero-order valence-corrected chi connectivity index (χ0v) is 14.8. The van der Waals surface area contributed by atoms with Gasteiger partial charge in [-0.15, -0.1) is 11.8 Å². The van der Waals surface area contributed by atoms with Gasteiger partial charge >= 0.3 is 0 Å². The lowest BCUT2D eigenvalue weighted by atomic mass is 10.2. The minimum absolute atomic E-state index is 0.120. The van der Waals surface area contributed by atoms with Crippen molar-refractivity contribution in [1.29, 1.82) is 0 Å². The van der Waals surface area contributed by atoms with Crippen molar-refractivity contribution in [3.8, 4) is 11.5 Å². The van der Waals surface area contributed by atoms with Crippen LogP contribution in [0.2, 0.25) is 0 Å². The molecule has 2 aromatic carbocycles. The molecule has 0 saturated heterocycles. The fourth-order valence-corrected chi connectivity index (χ4v) is 3.97. The summed E-state index contributed by atoms with van der Waals surface area (Å²) in [6.45, 7) is 0.714. The van der Waals surface area contributed by atoms with Crippen LogP contribution in [-0.4, -0.2) is 36.3 Å². The monoisotopic (exact) mass is 370 g/mol. The maximum atomic E-state index is 12.3. The predicted molar refractivity (Wildman–Crippen MR) is 98.7 cm³/mol. The van der Waals surface area contributed by atoms with Gasteiger partial charge in [0.2, 0.25) is 11.8 Å². The molecule has 2 unspecified atom stereocenters. The van der Waals surface area contributed by atoms with Gasteiger partial charge in [-0.3, -0.25) is 9.59 Å². The van der Waals surface area contributed by atoms with E-state index < -0.39 is 5.25 Å². The quantitative estimate of drug-likeness (QED) is 0.865. The van der Waals surface area contributed by atoms with E-state index in [-0.39, 0.29) is 24.3 Å². The normalized spacial score (nSPS) is 20.7. The van der Waals surface area contributed by atoms with Gasteiger partial charge in [0, 0.05) is 11.3 Å². The first kappa shape index (κ1) is 16.8. The van der Waals surface area contributed by atoms with Crippen molar-refractivity contribution in [2.45, 2.75) is 22.7 Å². The van der Waals surface area contributed by atoms with Gasteiger partial charge in [-0.05, 0) is 24.3 Å². The second-order valence-corrected chi connectivity index (χ2v) is 7.34. The van der Waals surface area contributed by atoms with Gasteiger partial charge in [0.05, 0.1) is 17.5 Å². The smallest absolute Gasteiger partial charge is 0.238 e. The Hall–Kier alpha value is -2.67. The highest BCUT2D eigenvalue weighted by atomic mass is 32.2. The van der Waals surface area contributed by atoms with Crippen molar-refractivity contribution in [3.63, 3.8) is 0 Å². The second kappa shape index (κ2) is 7.29. The number of ether oxygens (including phenoxy) is 2. The highest BCUT2D eigenvalue weighted by Crippen LogP contribution is 2.36.